The molecule has 17 nitrogen and oxygen atoms in total. The largest absolute Gasteiger partial charge is 0.472 e. The third kappa shape index (κ3) is 66.7. The number of ether oxygens (including phenoxy) is 4. The first kappa shape index (κ1) is 90.1. The molecule has 0 fully saturated rings. The molecule has 0 saturated heterocycles. The van der Waals surface area contributed by atoms with Crippen LogP contribution in [0.15, 0.2) is 0 Å². The lowest BCUT2D eigenvalue weighted by molar-refractivity contribution is -0.161. The number of hydrogen-bond acceptors (Lipinski definition) is 15. The summed E-state index contributed by atoms with van der Waals surface area (Å²) in [6, 6.07) is 0. The van der Waals surface area contributed by atoms with Crippen LogP contribution in [0.5, 0.6) is 0 Å². The van der Waals surface area contributed by atoms with Gasteiger partial charge >= 0.3 is 39.5 Å². The lowest BCUT2D eigenvalue weighted by atomic mass is 10.0. The number of carbonyl (C=O) groups is 4. The van der Waals surface area contributed by atoms with Crippen molar-refractivity contribution in [2.45, 2.75) is 406 Å². The fourth-order valence-electron chi connectivity index (χ4n) is 11.2. The molecule has 0 bridgehead atoms. The van der Waals surface area contributed by atoms with Gasteiger partial charge in [0.15, 0.2) is 12.2 Å². The minimum Gasteiger partial charge on any atom is -0.462 e. The average Bonchev–Trinajstić information content (AvgIpc) is 2.10. The van der Waals surface area contributed by atoms with E-state index >= 15 is 0 Å². The van der Waals surface area contributed by atoms with E-state index in [9.17, 15) is 43.2 Å². The molecule has 3 N–H and O–H groups in total. The van der Waals surface area contributed by atoms with Gasteiger partial charge in [0.1, 0.15) is 19.3 Å². The number of phosphoric ester groups is 2. The van der Waals surface area contributed by atoms with Crippen molar-refractivity contribution in [2.24, 2.45) is 0 Å². The topological polar surface area (TPSA) is 237 Å². The number of rotatable bonds is 74. The number of esters is 4. The summed E-state index contributed by atoms with van der Waals surface area (Å²) in [4.78, 5) is 72.6. The van der Waals surface area contributed by atoms with Gasteiger partial charge in [-0.1, -0.05) is 336 Å². The van der Waals surface area contributed by atoms with Crippen molar-refractivity contribution in [3.05, 3.63) is 0 Å². The van der Waals surface area contributed by atoms with Crippen molar-refractivity contribution in [1.29, 1.82) is 0 Å². The number of carbonyl (C=O) groups excluding carboxylic acids is 4. The van der Waals surface area contributed by atoms with Crippen molar-refractivity contribution < 1.29 is 80.2 Å². The van der Waals surface area contributed by atoms with Gasteiger partial charge in [0.2, 0.25) is 0 Å². The van der Waals surface area contributed by atoms with E-state index in [0.29, 0.717) is 25.7 Å². The molecule has 0 aromatic heterocycles. The fourth-order valence-corrected chi connectivity index (χ4v) is 12.8. The van der Waals surface area contributed by atoms with E-state index in [0.717, 1.165) is 89.9 Å². The molecule has 19 heteroatoms. The zero-order chi connectivity index (χ0) is 67.5. The molecule has 0 amide bonds. The van der Waals surface area contributed by atoms with E-state index in [1.165, 1.54) is 218 Å². The van der Waals surface area contributed by atoms with Crippen LogP contribution < -0.4 is 0 Å². The first-order chi connectivity index (χ1) is 44.7. The van der Waals surface area contributed by atoms with Gasteiger partial charge in [0, 0.05) is 25.7 Å². The summed E-state index contributed by atoms with van der Waals surface area (Å²) >= 11 is 0. The molecule has 0 heterocycles. The summed E-state index contributed by atoms with van der Waals surface area (Å²) in [5, 5.41) is 10.6. The van der Waals surface area contributed by atoms with Gasteiger partial charge in [-0.25, -0.2) is 9.13 Å². The third-order valence-corrected chi connectivity index (χ3v) is 19.0. The molecule has 0 aromatic rings. The molecule has 0 spiro atoms. The number of unbranched alkanes of at least 4 members (excludes halogenated alkanes) is 48. The second kappa shape index (κ2) is 67.6. The standard InChI is InChI=1S/C73H142O17P2/c1-5-9-13-17-21-25-28-31-33-35-37-40-44-48-52-56-60-73(78)90-69(64-84-71(76)58-54-50-46-42-39-36-34-32-29-26-22-18-14-10-6-2)66-88-92(81,82)86-62-67(74)61-85-91(79,80)87-65-68(63-83-70(75)57-53-49-45-41-24-20-16-12-8-4)89-72(77)59-55-51-47-43-38-30-27-23-19-15-11-7-3/h67-69,74H,5-66H2,1-4H3,(H,79,80)(H,81,82)/t67-,68+,69+/m0/s1. The van der Waals surface area contributed by atoms with Crippen LogP contribution in [0.1, 0.15) is 387 Å². The molecule has 0 aromatic carbocycles. The van der Waals surface area contributed by atoms with Gasteiger partial charge in [-0.2, -0.15) is 0 Å². The van der Waals surface area contributed by atoms with Crippen LogP contribution in [0, 0.1) is 0 Å². The van der Waals surface area contributed by atoms with Crippen LogP contribution in [0.4, 0.5) is 0 Å². The molecule has 0 saturated carbocycles. The average molecular weight is 1350 g/mol. The van der Waals surface area contributed by atoms with Crippen LogP contribution >= 0.6 is 15.6 Å². The zero-order valence-electron chi connectivity index (χ0n) is 59.5. The summed E-state index contributed by atoms with van der Waals surface area (Å²) in [6.45, 7) is 4.96. The van der Waals surface area contributed by atoms with Crippen molar-refractivity contribution >= 4 is 39.5 Å². The highest BCUT2D eigenvalue weighted by Gasteiger charge is 2.30. The number of hydrogen-bond donors (Lipinski definition) is 3. The van der Waals surface area contributed by atoms with E-state index in [2.05, 4.69) is 27.7 Å². The summed E-state index contributed by atoms with van der Waals surface area (Å²) in [7, 11) is -9.90. The third-order valence-electron chi connectivity index (χ3n) is 17.1. The Morgan fingerprint density at radius 1 is 0.261 bits per heavy atom. The minimum absolute atomic E-state index is 0.108. The summed E-state index contributed by atoms with van der Waals surface area (Å²) in [5.41, 5.74) is 0. The SMILES string of the molecule is CCCCCCCCCCCCCCCCCCC(=O)O[C@H](COC(=O)CCCCCCCCCCCCCCCCC)COP(=O)(O)OC[C@@H](O)COP(=O)(O)OC[C@@H](COC(=O)CCCCCCCCCCC)OC(=O)CCCCCCCCCCCCCC. The highest BCUT2D eigenvalue weighted by Crippen LogP contribution is 2.45. The first-order valence-electron chi connectivity index (χ1n) is 38.3. The van der Waals surface area contributed by atoms with E-state index in [4.69, 9.17) is 37.0 Å². The minimum atomic E-state index is -4.95. The van der Waals surface area contributed by atoms with Crippen molar-refractivity contribution in [2.75, 3.05) is 39.6 Å². The predicted molar refractivity (Wildman–Crippen MR) is 372 cm³/mol. The number of aliphatic hydroxyl groups is 1. The Kier molecular flexibility index (Phi) is 66.2. The monoisotopic (exact) mass is 1350 g/mol. The summed E-state index contributed by atoms with van der Waals surface area (Å²) in [6.07, 6.45) is 56.7. The fraction of sp³-hybridized carbons (Fsp3) is 0.945. The summed E-state index contributed by atoms with van der Waals surface area (Å²) in [5.74, 6) is -2.11. The molecular weight excluding hydrogens is 1210 g/mol. The molecule has 92 heavy (non-hydrogen) atoms. The molecule has 0 aliphatic heterocycles. The molecule has 5 atom stereocenters. The van der Waals surface area contributed by atoms with Crippen molar-refractivity contribution in [3.8, 4) is 0 Å². The Bertz CT molecular complexity index is 1760. The molecule has 0 aliphatic rings. The summed E-state index contributed by atoms with van der Waals surface area (Å²) < 4.78 is 68.4. The Balaban J connectivity index is 5.23. The Labute approximate surface area is 562 Å². The maximum absolute atomic E-state index is 13.1. The zero-order valence-corrected chi connectivity index (χ0v) is 61.3. The van der Waals surface area contributed by atoms with E-state index < -0.39 is 97.5 Å². The quantitative estimate of drug-likeness (QED) is 0.0222. The van der Waals surface area contributed by atoms with Gasteiger partial charge in [0.25, 0.3) is 0 Å². The highest BCUT2D eigenvalue weighted by molar-refractivity contribution is 7.47. The predicted octanol–water partition coefficient (Wildman–Crippen LogP) is 21.4. The van der Waals surface area contributed by atoms with Crippen LogP contribution in [-0.2, 0) is 65.4 Å². The molecular formula is C73H142O17P2. The van der Waals surface area contributed by atoms with Gasteiger partial charge in [-0.15, -0.1) is 0 Å². The van der Waals surface area contributed by atoms with Gasteiger partial charge in [-0.05, 0) is 25.7 Å². The normalized spacial score (nSPS) is 13.9. The first-order valence-corrected chi connectivity index (χ1v) is 41.3. The van der Waals surface area contributed by atoms with E-state index in [-0.39, 0.29) is 25.7 Å². The Morgan fingerprint density at radius 2 is 0.435 bits per heavy atom. The lowest BCUT2D eigenvalue weighted by Gasteiger charge is -2.21. The molecule has 2 unspecified atom stereocenters. The second-order valence-electron chi connectivity index (χ2n) is 26.3. The lowest BCUT2D eigenvalue weighted by Crippen LogP contribution is -2.30. The van der Waals surface area contributed by atoms with Gasteiger partial charge in [0.05, 0.1) is 26.4 Å². The van der Waals surface area contributed by atoms with Crippen LogP contribution in [0.3, 0.4) is 0 Å². The van der Waals surface area contributed by atoms with Crippen molar-refractivity contribution in [3.63, 3.8) is 0 Å². The maximum Gasteiger partial charge on any atom is 0.472 e. The second-order valence-corrected chi connectivity index (χ2v) is 29.2. The Hall–Kier alpha value is -1.94. The van der Waals surface area contributed by atoms with Crippen LogP contribution in [-0.4, -0.2) is 96.7 Å². The van der Waals surface area contributed by atoms with Crippen LogP contribution in [0.2, 0.25) is 0 Å². The molecule has 546 valence electrons. The van der Waals surface area contributed by atoms with Crippen LogP contribution in [0.25, 0.3) is 0 Å². The molecule has 0 radical (unpaired) electrons. The molecule has 0 aliphatic carbocycles. The van der Waals surface area contributed by atoms with Gasteiger partial charge in [-0.3, -0.25) is 37.3 Å². The van der Waals surface area contributed by atoms with E-state index in [1.54, 1.807) is 0 Å². The van der Waals surface area contributed by atoms with E-state index in [1.807, 2.05) is 0 Å². The number of phosphoric acid groups is 2. The van der Waals surface area contributed by atoms with Crippen molar-refractivity contribution in [1.82, 2.24) is 0 Å². The molecule has 0 rings (SSSR count). The Morgan fingerprint density at radius 3 is 0.641 bits per heavy atom. The maximum atomic E-state index is 13.1. The van der Waals surface area contributed by atoms with Gasteiger partial charge < -0.3 is 33.8 Å². The highest BCUT2D eigenvalue weighted by atomic mass is 31.2. The number of aliphatic hydroxyl groups excluding tert-OH is 1. The smallest absolute Gasteiger partial charge is 0.462 e.